The summed E-state index contributed by atoms with van der Waals surface area (Å²) in [5.41, 5.74) is -0.322. The fourth-order valence-electron chi connectivity index (χ4n) is 2.77. The second-order valence-corrected chi connectivity index (χ2v) is 8.80. The Morgan fingerprint density at radius 2 is 1.35 bits per heavy atom. The molecular formula is C24H28NO8P. The number of carbonyl (C=O) groups excluding carboxylic acids is 3. The van der Waals surface area contributed by atoms with Crippen LogP contribution in [-0.2, 0) is 28.4 Å². The predicted octanol–water partition coefficient (Wildman–Crippen LogP) is 4.20. The van der Waals surface area contributed by atoms with Crippen LogP contribution in [0.4, 0.5) is 0 Å². The highest BCUT2D eigenvalue weighted by molar-refractivity contribution is 7.54. The average molecular weight is 489 g/mol. The van der Waals surface area contributed by atoms with Crippen molar-refractivity contribution in [3.05, 3.63) is 72.4 Å². The zero-order valence-electron chi connectivity index (χ0n) is 19.3. The number of nitrogens with zero attached hydrogens (tertiary/aromatic N) is 1. The number of esters is 2. The van der Waals surface area contributed by atoms with E-state index in [1.54, 1.807) is 74.5 Å². The minimum absolute atomic E-state index is 0.0497. The van der Waals surface area contributed by atoms with Gasteiger partial charge < -0.3 is 23.4 Å². The van der Waals surface area contributed by atoms with Gasteiger partial charge in [-0.05, 0) is 45.0 Å². The molecule has 0 radical (unpaired) electrons. The molecule has 0 saturated heterocycles. The number of benzene rings is 2. The van der Waals surface area contributed by atoms with Crippen LogP contribution in [0.15, 0.2) is 72.4 Å². The second-order valence-electron chi connectivity index (χ2n) is 6.93. The molecule has 0 unspecified atom stereocenters. The first kappa shape index (κ1) is 26.7. The lowest BCUT2D eigenvalue weighted by molar-refractivity contribution is -0.144. The van der Waals surface area contributed by atoms with Crippen LogP contribution in [0.3, 0.4) is 0 Å². The molecule has 182 valence electrons. The molecule has 0 bridgehead atoms. The van der Waals surface area contributed by atoms with Gasteiger partial charge in [-0.15, -0.1) is 0 Å². The van der Waals surface area contributed by atoms with Crippen molar-refractivity contribution in [3.63, 3.8) is 0 Å². The average Bonchev–Trinajstić information content (AvgIpc) is 2.78. The standard InChI is InChI=1S/C24H28NO8P/c1-4-30-23(27)17-25(16-22(19(3)26)24(28)31-5-2)18-34(29,32-20-12-8-6-9-13-20)33-21-14-10-7-11-15-21/h6-16H,4-5,17-18H2,1-3H3. The summed E-state index contributed by atoms with van der Waals surface area (Å²) in [6.45, 7) is 4.18. The maximum Gasteiger partial charge on any atom is 0.449 e. The summed E-state index contributed by atoms with van der Waals surface area (Å²) >= 11 is 0. The maximum atomic E-state index is 13.9. The van der Waals surface area contributed by atoms with Crippen molar-refractivity contribution in [2.24, 2.45) is 0 Å². The molecular weight excluding hydrogens is 461 g/mol. The number of hydrogen-bond acceptors (Lipinski definition) is 9. The van der Waals surface area contributed by atoms with E-state index in [1.807, 2.05) is 0 Å². The Bertz CT molecular complexity index is 994. The van der Waals surface area contributed by atoms with Crippen LogP contribution in [-0.4, -0.2) is 48.7 Å². The van der Waals surface area contributed by atoms with Crippen molar-refractivity contribution < 1.29 is 37.5 Å². The third-order valence-corrected chi connectivity index (χ3v) is 5.84. The van der Waals surface area contributed by atoms with E-state index in [0.717, 1.165) is 6.20 Å². The third kappa shape index (κ3) is 8.75. The topological polar surface area (TPSA) is 108 Å². The molecule has 0 aliphatic heterocycles. The molecule has 2 rings (SSSR count). The van der Waals surface area contributed by atoms with Crippen molar-refractivity contribution in [1.29, 1.82) is 0 Å². The van der Waals surface area contributed by atoms with Crippen molar-refractivity contribution in [2.75, 3.05) is 26.0 Å². The van der Waals surface area contributed by atoms with Crippen LogP contribution in [0.25, 0.3) is 0 Å². The Morgan fingerprint density at radius 1 is 0.853 bits per heavy atom. The van der Waals surface area contributed by atoms with Crippen molar-refractivity contribution >= 4 is 25.3 Å². The molecule has 0 N–H and O–H groups in total. The van der Waals surface area contributed by atoms with E-state index in [1.165, 1.54) is 11.8 Å². The lowest BCUT2D eigenvalue weighted by Crippen LogP contribution is -2.31. The molecule has 0 amide bonds. The van der Waals surface area contributed by atoms with Crippen LogP contribution in [0.1, 0.15) is 20.8 Å². The molecule has 0 fully saturated rings. The molecule has 34 heavy (non-hydrogen) atoms. The quantitative estimate of drug-likeness (QED) is 0.134. The fraction of sp³-hybridized carbons (Fsp3) is 0.292. The summed E-state index contributed by atoms with van der Waals surface area (Å²) in [6.07, 6.45) is 0.651. The van der Waals surface area contributed by atoms with E-state index in [0.29, 0.717) is 0 Å². The Balaban J connectivity index is 2.45. The summed E-state index contributed by atoms with van der Waals surface area (Å²) in [5.74, 6) is -1.56. The van der Waals surface area contributed by atoms with E-state index in [-0.39, 0.29) is 30.3 Å². The zero-order valence-corrected chi connectivity index (χ0v) is 20.2. The van der Waals surface area contributed by atoms with Gasteiger partial charge in [-0.2, -0.15) is 0 Å². The van der Waals surface area contributed by atoms with Crippen LogP contribution in [0.2, 0.25) is 0 Å². The van der Waals surface area contributed by atoms with Crippen LogP contribution >= 0.6 is 7.60 Å². The zero-order chi connectivity index (χ0) is 25.0. The van der Waals surface area contributed by atoms with Crippen LogP contribution in [0, 0.1) is 0 Å². The molecule has 2 aromatic rings. The minimum Gasteiger partial charge on any atom is -0.465 e. The highest BCUT2D eigenvalue weighted by Gasteiger charge is 2.33. The van der Waals surface area contributed by atoms with Gasteiger partial charge in [0.25, 0.3) is 0 Å². The Hall–Kier alpha value is -3.58. The van der Waals surface area contributed by atoms with Gasteiger partial charge in [-0.3, -0.25) is 9.59 Å². The Kier molecular flexibility index (Phi) is 10.4. The van der Waals surface area contributed by atoms with Gasteiger partial charge in [-0.25, -0.2) is 9.36 Å². The lowest BCUT2D eigenvalue weighted by Gasteiger charge is -2.26. The largest absolute Gasteiger partial charge is 0.465 e. The molecule has 10 heteroatoms. The van der Waals surface area contributed by atoms with Crippen molar-refractivity contribution in [2.45, 2.75) is 20.8 Å². The molecule has 0 aliphatic rings. The first-order valence-electron chi connectivity index (χ1n) is 10.6. The van der Waals surface area contributed by atoms with E-state index in [9.17, 15) is 18.9 Å². The molecule has 0 spiro atoms. The minimum atomic E-state index is -4.02. The third-order valence-electron chi connectivity index (χ3n) is 4.15. The summed E-state index contributed by atoms with van der Waals surface area (Å²) < 4.78 is 35.3. The van der Waals surface area contributed by atoms with Gasteiger partial charge in [0.05, 0.1) is 13.2 Å². The van der Waals surface area contributed by atoms with Gasteiger partial charge in [0.2, 0.25) is 0 Å². The normalized spacial score (nSPS) is 11.3. The number of ether oxygens (including phenoxy) is 2. The van der Waals surface area contributed by atoms with Gasteiger partial charge in [0.15, 0.2) is 5.78 Å². The molecule has 2 aromatic carbocycles. The Labute approximate surface area is 198 Å². The van der Waals surface area contributed by atoms with Crippen molar-refractivity contribution in [1.82, 2.24) is 4.90 Å². The molecule has 0 saturated carbocycles. The van der Waals surface area contributed by atoms with Gasteiger partial charge in [-0.1, -0.05) is 36.4 Å². The number of rotatable bonds is 13. The van der Waals surface area contributed by atoms with E-state index in [2.05, 4.69) is 0 Å². The summed E-state index contributed by atoms with van der Waals surface area (Å²) in [6, 6.07) is 16.8. The van der Waals surface area contributed by atoms with E-state index < -0.39 is 38.1 Å². The number of carbonyl (C=O) groups is 3. The second kappa shape index (κ2) is 13.2. The van der Waals surface area contributed by atoms with Gasteiger partial charge in [0, 0.05) is 6.20 Å². The number of para-hydroxylation sites is 2. The first-order chi connectivity index (χ1) is 16.3. The predicted molar refractivity (Wildman–Crippen MR) is 125 cm³/mol. The first-order valence-corrected chi connectivity index (χ1v) is 12.4. The molecule has 0 atom stereocenters. The van der Waals surface area contributed by atoms with E-state index >= 15 is 0 Å². The molecule has 0 aromatic heterocycles. The fourth-order valence-corrected chi connectivity index (χ4v) is 4.44. The number of hydrogen-bond donors (Lipinski definition) is 0. The molecule has 0 aliphatic carbocycles. The van der Waals surface area contributed by atoms with Gasteiger partial charge >= 0.3 is 19.5 Å². The summed E-state index contributed by atoms with van der Waals surface area (Å²) in [5, 5.41) is 0. The highest BCUT2D eigenvalue weighted by atomic mass is 31.2. The van der Waals surface area contributed by atoms with Gasteiger partial charge in [0.1, 0.15) is 29.9 Å². The monoisotopic (exact) mass is 489 g/mol. The smallest absolute Gasteiger partial charge is 0.449 e. The Morgan fingerprint density at radius 3 is 1.79 bits per heavy atom. The summed E-state index contributed by atoms with van der Waals surface area (Å²) in [4.78, 5) is 37.8. The lowest BCUT2D eigenvalue weighted by atomic mass is 10.2. The van der Waals surface area contributed by atoms with E-state index in [4.69, 9.17) is 18.5 Å². The molecule has 0 heterocycles. The SMILES string of the molecule is CCOC(=O)CN(C=C(C(C)=O)C(=O)OCC)CP(=O)(Oc1ccccc1)Oc1ccccc1. The van der Waals surface area contributed by atoms with Crippen LogP contribution < -0.4 is 9.05 Å². The molecule has 9 nitrogen and oxygen atoms in total. The highest BCUT2D eigenvalue weighted by Crippen LogP contribution is 2.49. The number of ketones is 1. The van der Waals surface area contributed by atoms with Crippen molar-refractivity contribution in [3.8, 4) is 11.5 Å². The summed E-state index contributed by atoms with van der Waals surface area (Å²) in [7, 11) is -4.02. The maximum absolute atomic E-state index is 13.9. The van der Waals surface area contributed by atoms with Crippen LogP contribution in [0.5, 0.6) is 11.5 Å². The number of Topliss-reactive ketones (excluding diaryl/α,β-unsaturated/α-hetero) is 1.